The predicted octanol–water partition coefficient (Wildman–Crippen LogP) is 1.05. The fourth-order valence-electron chi connectivity index (χ4n) is 1.34. The van der Waals surface area contributed by atoms with Gasteiger partial charge in [-0.25, -0.2) is 13.4 Å². The summed E-state index contributed by atoms with van der Waals surface area (Å²) in [7, 11) is -2.44. The molecule has 2 aromatic rings. The lowest BCUT2D eigenvalue weighted by atomic mass is 10.3. The molecule has 1 N–H and O–H groups in total. The Kier molecular flexibility index (Phi) is 4.30. The molecule has 0 bridgehead atoms. The van der Waals surface area contributed by atoms with E-state index in [1.54, 1.807) is 5.38 Å². The Balaban J connectivity index is 2.13. The quantitative estimate of drug-likeness (QED) is 0.829. The molecule has 0 aliphatic heterocycles. The van der Waals surface area contributed by atoms with E-state index in [1.165, 1.54) is 31.6 Å². The van der Waals surface area contributed by atoms with Crippen molar-refractivity contribution in [2.24, 2.45) is 0 Å². The second-order valence-corrected chi connectivity index (χ2v) is 6.23. The fraction of sp³-hybridized carbons (Fsp3) is 0.182. The van der Waals surface area contributed by atoms with Crippen LogP contribution in [0.2, 0.25) is 0 Å². The normalized spacial score (nSPS) is 11.1. The highest BCUT2D eigenvalue weighted by Gasteiger charge is 2.16. The first-order chi connectivity index (χ1) is 9.51. The molecule has 20 heavy (non-hydrogen) atoms. The zero-order chi connectivity index (χ0) is 14.6. The van der Waals surface area contributed by atoms with Crippen molar-refractivity contribution in [3.8, 4) is 0 Å². The van der Waals surface area contributed by atoms with Crippen molar-refractivity contribution in [3.05, 3.63) is 35.6 Å². The number of esters is 1. The third-order valence-corrected chi connectivity index (χ3v) is 4.53. The van der Waals surface area contributed by atoms with Crippen LogP contribution in [0.25, 0.3) is 0 Å². The summed E-state index contributed by atoms with van der Waals surface area (Å²) >= 11 is 1.09. The molecule has 0 unspecified atom stereocenters. The minimum absolute atomic E-state index is 0.00161. The monoisotopic (exact) mass is 313 g/mol. The summed E-state index contributed by atoms with van der Waals surface area (Å²) < 4.78 is 30.9. The van der Waals surface area contributed by atoms with Crippen LogP contribution in [0.4, 0.5) is 5.13 Å². The zero-order valence-electron chi connectivity index (χ0n) is 10.4. The first-order valence-corrected chi connectivity index (χ1v) is 7.81. The molecule has 0 spiro atoms. The molecule has 7 nitrogen and oxygen atoms in total. The van der Waals surface area contributed by atoms with Gasteiger partial charge in [0.15, 0.2) is 5.13 Å². The van der Waals surface area contributed by atoms with E-state index in [9.17, 15) is 13.2 Å². The molecule has 9 heteroatoms. The van der Waals surface area contributed by atoms with E-state index < -0.39 is 16.0 Å². The molecule has 2 aromatic heterocycles. The number of carbonyl (C=O) groups excluding carboxylic acids is 1. The minimum atomic E-state index is -3.71. The second kappa shape index (κ2) is 5.97. The Morgan fingerprint density at radius 1 is 1.50 bits per heavy atom. The molecule has 0 amide bonds. The highest BCUT2D eigenvalue weighted by molar-refractivity contribution is 7.93. The molecule has 0 aliphatic rings. The smallest absolute Gasteiger partial charge is 0.311 e. The standard InChI is InChI=1S/C11H11N3O4S2/c1-18-10(15)5-8-7-19-11(13-8)14-20(16,17)9-3-2-4-12-6-9/h2-4,6-7H,5H2,1H3,(H,13,14). The Hall–Kier alpha value is -2.00. The Morgan fingerprint density at radius 2 is 2.30 bits per heavy atom. The number of rotatable bonds is 5. The van der Waals surface area contributed by atoms with E-state index in [0.717, 1.165) is 11.3 Å². The highest BCUT2D eigenvalue weighted by Crippen LogP contribution is 2.20. The number of thiazole rings is 1. The Bertz CT molecular complexity index is 697. The molecule has 0 fully saturated rings. The average molecular weight is 313 g/mol. The van der Waals surface area contributed by atoms with Gasteiger partial charge in [0.2, 0.25) is 0 Å². The summed E-state index contributed by atoms with van der Waals surface area (Å²) in [5.41, 5.74) is 0.450. The van der Waals surface area contributed by atoms with Gasteiger partial charge in [0.25, 0.3) is 10.0 Å². The second-order valence-electron chi connectivity index (χ2n) is 3.69. The van der Waals surface area contributed by atoms with Crippen molar-refractivity contribution in [2.45, 2.75) is 11.3 Å². The Labute approximate surface area is 119 Å². The van der Waals surface area contributed by atoms with E-state index in [1.807, 2.05) is 0 Å². The SMILES string of the molecule is COC(=O)Cc1csc(NS(=O)(=O)c2cccnc2)n1. The lowest BCUT2D eigenvalue weighted by Gasteiger charge is -2.03. The van der Waals surface area contributed by atoms with Gasteiger partial charge in [0, 0.05) is 17.8 Å². The van der Waals surface area contributed by atoms with Crippen LogP contribution in [0.1, 0.15) is 5.69 Å². The van der Waals surface area contributed by atoms with Crippen molar-refractivity contribution < 1.29 is 17.9 Å². The summed E-state index contributed by atoms with van der Waals surface area (Å²) in [5.74, 6) is -0.433. The molecular formula is C11H11N3O4S2. The molecule has 0 radical (unpaired) electrons. The Morgan fingerprint density at radius 3 is 2.95 bits per heavy atom. The van der Waals surface area contributed by atoms with Crippen LogP contribution in [0, 0.1) is 0 Å². The zero-order valence-corrected chi connectivity index (χ0v) is 12.1. The van der Waals surface area contributed by atoms with E-state index in [-0.39, 0.29) is 16.4 Å². The summed E-state index contributed by atoms with van der Waals surface area (Å²) in [6, 6.07) is 2.96. The van der Waals surface area contributed by atoms with Crippen molar-refractivity contribution in [3.63, 3.8) is 0 Å². The van der Waals surface area contributed by atoms with Crippen LogP contribution in [0.15, 0.2) is 34.8 Å². The molecule has 2 rings (SSSR count). The molecule has 2 heterocycles. The van der Waals surface area contributed by atoms with E-state index in [0.29, 0.717) is 5.69 Å². The lowest BCUT2D eigenvalue weighted by Crippen LogP contribution is -2.13. The third kappa shape index (κ3) is 3.52. The number of aromatic nitrogens is 2. The van der Waals surface area contributed by atoms with Gasteiger partial charge in [-0.2, -0.15) is 0 Å². The van der Waals surface area contributed by atoms with Crippen LogP contribution in [-0.4, -0.2) is 31.5 Å². The number of pyridine rings is 1. The maximum absolute atomic E-state index is 12.0. The molecule has 0 aliphatic carbocycles. The number of carbonyl (C=O) groups is 1. The largest absolute Gasteiger partial charge is 0.469 e. The van der Waals surface area contributed by atoms with Gasteiger partial charge in [-0.3, -0.25) is 14.5 Å². The van der Waals surface area contributed by atoms with Crippen molar-refractivity contribution in [2.75, 3.05) is 11.8 Å². The van der Waals surface area contributed by atoms with Crippen molar-refractivity contribution in [1.29, 1.82) is 0 Å². The van der Waals surface area contributed by atoms with Crippen LogP contribution < -0.4 is 4.72 Å². The molecule has 0 saturated heterocycles. The molecule has 0 saturated carbocycles. The van der Waals surface area contributed by atoms with E-state index >= 15 is 0 Å². The minimum Gasteiger partial charge on any atom is -0.469 e. The number of methoxy groups -OCH3 is 1. The lowest BCUT2D eigenvalue weighted by molar-refractivity contribution is -0.139. The van der Waals surface area contributed by atoms with Gasteiger partial charge >= 0.3 is 5.97 Å². The number of anilines is 1. The van der Waals surface area contributed by atoms with Gasteiger partial charge < -0.3 is 4.74 Å². The topological polar surface area (TPSA) is 98.2 Å². The molecular weight excluding hydrogens is 302 g/mol. The highest BCUT2D eigenvalue weighted by atomic mass is 32.2. The fourth-order valence-corrected chi connectivity index (χ4v) is 3.26. The van der Waals surface area contributed by atoms with Crippen LogP contribution in [0.5, 0.6) is 0 Å². The number of hydrogen-bond acceptors (Lipinski definition) is 7. The van der Waals surface area contributed by atoms with Gasteiger partial charge in [0.05, 0.1) is 19.2 Å². The number of sulfonamides is 1. The van der Waals surface area contributed by atoms with E-state index in [4.69, 9.17) is 0 Å². The van der Waals surface area contributed by atoms with Crippen LogP contribution in [0.3, 0.4) is 0 Å². The van der Waals surface area contributed by atoms with Gasteiger partial charge in [0.1, 0.15) is 4.90 Å². The summed E-state index contributed by atoms with van der Waals surface area (Å²) in [4.78, 5) is 18.9. The third-order valence-electron chi connectivity index (χ3n) is 2.27. The predicted molar refractivity (Wildman–Crippen MR) is 72.9 cm³/mol. The number of hydrogen-bond donors (Lipinski definition) is 1. The number of nitrogens with zero attached hydrogens (tertiary/aromatic N) is 2. The first kappa shape index (κ1) is 14.4. The molecule has 0 atom stereocenters. The van der Waals surface area contributed by atoms with Crippen molar-refractivity contribution >= 4 is 32.5 Å². The van der Waals surface area contributed by atoms with E-state index in [2.05, 4.69) is 19.4 Å². The number of ether oxygens (including phenoxy) is 1. The first-order valence-electron chi connectivity index (χ1n) is 5.45. The maximum Gasteiger partial charge on any atom is 0.311 e. The van der Waals surface area contributed by atoms with Gasteiger partial charge in [-0.15, -0.1) is 11.3 Å². The molecule has 0 aromatic carbocycles. The average Bonchev–Trinajstić information content (AvgIpc) is 2.86. The summed E-state index contributed by atoms with van der Waals surface area (Å²) in [6.45, 7) is 0. The summed E-state index contributed by atoms with van der Waals surface area (Å²) in [5, 5.41) is 1.78. The molecule has 106 valence electrons. The maximum atomic E-state index is 12.0. The van der Waals surface area contributed by atoms with Crippen LogP contribution in [-0.2, 0) is 26.0 Å². The number of nitrogens with one attached hydrogen (secondary N) is 1. The summed E-state index contributed by atoms with van der Waals surface area (Å²) in [6.07, 6.45) is 2.73. The van der Waals surface area contributed by atoms with Gasteiger partial charge in [-0.05, 0) is 12.1 Å². The van der Waals surface area contributed by atoms with Gasteiger partial charge in [-0.1, -0.05) is 0 Å². The van der Waals surface area contributed by atoms with Crippen LogP contribution >= 0.6 is 11.3 Å². The van der Waals surface area contributed by atoms with Crippen molar-refractivity contribution in [1.82, 2.24) is 9.97 Å².